The zero-order valence-corrected chi connectivity index (χ0v) is 18.2. The molecule has 3 rings (SSSR count). The third kappa shape index (κ3) is 6.29. The molecule has 0 N–H and O–H groups in total. The summed E-state index contributed by atoms with van der Waals surface area (Å²) in [4.78, 5) is 0. The van der Waals surface area contributed by atoms with Crippen LogP contribution >= 0.6 is 11.6 Å². The molecular formula is C26H37Cl. The van der Waals surface area contributed by atoms with E-state index in [4.69, 9.17) is 11.6 Å². The van der Waals surface area contributed by atoms with E-state index in [1.54, 1.807) is 0 Å². The average molecular weight is 385 g/mol. The predicted octanol–water partition coefficient (Wildman–Crippen LogP) is 8.06. The van der Waals surface area contributed by atoms with Crippen LogP contribution in [0.15, 0.2) is 18.2 Å². The summed E-state index contributed by atoms with van der Waals surface area (Å²) >= 11 is 6.48. The Hall–Kier alpha value is -0.930. The molecule has 2 aliphatic rings. The maximum absolute atomic E-state index is 6.48. The first kappa shape index (κ1) is 20.8. The van der Waals surface area contributed by atoms with Crippen molar-refractivity contribution in [2.75, 3.05) is 0 Å². The van der Waals surface area contributed by atoms with Crippen molar-refractivity contribution in [1.82, 2.24) is 0 Å². The second-order valence-corrected chi connectivity index (χ2v) is 9.57. The van der Waals surface area contributed by atoms with Gasteiger partial charge in [0.25, 0.3) is 0 Å². The van der Waals surface area contributed by atoms with Crippen molar-refractivity contribution in [2.45, 2.75) is 90.9 Å². The summed E-state index contributed by atoms with van der Waals surface area (Å²) in [7, 11) is 0. The van der Waals surface area contributed by atoms with Gasteiger partial charge in [-0.1, -0.05) is 69.0 Å². The van der Waals surface area contributed by atoms with Gasteiger partial charge in [0.1, 0.15) is 0 Å². The van der Waals surface area contributed by atoms with E-state index in [0.29, 0.717) is 5.92 Å². The molecule has 0 unspecified atom stereocenters. The van der Waals surface area contributed by atoms with Crippen molar-refractivity contribution in [1.29, 1.82) is 0 Å². The molecule has 148 valence electrons. The first-order valence-corrected chi connectivity index (χ1v) is 11.8. The van der Waals surface area contributed by atoms with Crippen molar-refractivity contribution < 1.29 is 0 Å². The van der Waals surface area contributed by atoms with Crippen molar-refractivity contribution in [3.8, 4) is 11.8 Å². The highest BCUT2D eigenvalue weighted by Crippen LogP contribution is 2.41. The summed E-state index contributed by atoms with van der Waals surface area (Å²) < 4.78 is 0. The summed E-state index contributed by atoms with van der Waals surface area (Å²) in [6.45, 7) is 4.66. The second kappa shape index (κ2) is 10.6. The predicted molar refractivity (Wildman–Crippen MR) is 118 cm³/mol. The van der Waals surface area contributed by atoms with Crippen LogP contribution in [0.3, 0.4) is 0 Å². The Morgan fingerprint density at radius 1 is 0.926 bits per heavy atom. The molecule has 1 heteroatoms. The fourth-order valence-electron chi connectivity index (χ4n) is 5.07. The molecule has 0 saturated heterocycles. The fourth-order valence-corrected chi connectivity index (χ4v) is 5.35. The zero-order valence-electron chi connectivity index (χ0n) is 17.4. The normalized spacial score (nSPS) is 28.4. The van der Waals surface area contributed by atoms with Gasteiger partial charge in [-0.2, -0.15) is 0 Å². The minimum atomic E-state index is 0.590. The Labute approximate surface area is 172 Å². The van der Waals surface area contributed by atoms with E-state index in [-0.39, 0.29) is 0 Å². The Morgan fingerprint density at radius 2 is 1.59 bits per heavy atom. The van der Waals surface area contributed by atoms with E-state index in [0.717, 1.165) is 34.8 Å². The number of rotatable bonds is 5. The van der Waals surface area contributed by atoms with Crippen LogP contribution in [0.25, 0.3) is 0 Å². The van der Waals surface area contributed by atoms with Crippen molar-refractivity contribution in [3.05, 3.63) is 34.3 Å². The molecule has 0 radical (unpaired) electrons. The van der Waals surface area contributed by atoms with Gasteiger partial charge < -0.3 is 0 Å². The molecule has 2 saturated carbocycles. The molecule has 0 spiro atoms. The molecule has 0 heterocycles. The molecule has 0 nitrogen and oxygen atoms in total. The fraction of sp³-hybridized carbons (Fsp3) is 0.692. The molecule has 1 aromatic carbocycles. The summed E-state index contributed by atoms with van der Waals surface area (Å²) in [6.07, 6.45) is 16.1. The third-order valence-corrected chi connectivity index (χ3v) is 7.37. The number of unbranched alkanes of at least 4 members (excludes halogenated alkanes) is 2. The lowest BCUT2D eigenvalue weighted by atomic mass is 9.69. The van der Waals surface area contributed by atoms with E-state index >= 15 is 0 Å². The zero-order chi connectivity index (χ0) is 19.1. The Morgan fingerprint density at radius 3 is 2.22 bits per heavy atom. The van der Waals surface area contributed by atoms with Gasteiger partial charge in [0.05, 0.1) is 0 Å². The Kier molecular flexibility index (Phi) is 8.14. The molecular weight excluding hydrogens is 348 g/mol. The van der Waals surface area contributed by atoms with Gasteiger partial charge in [-0.3, -0.25) is 0 Å². The lowest BCUT2D eigenvalue weighted by Gasteiger charge is -2.36. The highest BCUT2D eigenvalue weighted by atomic mass is 35.5. The third-order valence-electron chi connectivity index (χ3n) is 7.02. The minimum absolute atomic E-state index is 0.590. The lowest BCUT2D eigenvalue weighted by molar-refractivity contribution is 0.162. The van der Waals surface area contributed by atoms with E-state index < -0.39 is 0 Å². The first-order chi connectivity index (χ1) is 13.2. The average Bonchev–Trinajstić information content (AvgIpc) is 2.69. The maximum Gasteiger partial charge on any atom is 0.0450 e. The van der Waals surface area contributed by atoms with Crippen LogP contribution < -0.4 is 0 Å². The molecule has 0 atom stereocenters. The van der Waals surface area contributed by atoms with Crippen LogP contribution in [0.4, 0.5) is 0 Å². The monoisotopic (exact) mass is 384 g/mol. The Balaban J connectivity index is 1.48. The summed E-state index contributed by atoms with van der Waals surface area (Å²) in [5, 5.41) is 0.896. The minimum Gasteiger partial charge on any atom is -0.0945 e. The Bertz CT molecular complexity index is 634. The highest BCUT2D eigenvalue weighted by molar-refractivity contribution is 6.31. The van der Waals surface area contributed by atoms with Crippen LogP contribution in [0.2, 0.25) is 5.02 Å². The number of hydrogen-bond donors (Lipinski definition) is 0. The van der Waals surface area contributed by atoms with Gasteiger partial charge in [-0.25, -0.2) is 0 Å². The van der Waals surface area contributed by atoms with Crippen LogP contribution in [0.5, 0.6) is 0 Å². The summed E-state index contributed by atoms with van der Waals surface area (Å²) in [5.41, 5.74) is 2.36. The molecule has 0 amide bonds. The van der Waals surface area contributed by atoms with E-state index in [9.17, 15) is 0 Å². The second-order valence-electron chi connectivity index (χ2n) is 9.16. The number of aryl methyl sites for hydroxylation is 1. The molecule has 2 fully saturated rings. The van der Waals surface area contributed by atoms with Crippen LogP contribution in [-0.2, 0) is 6.42 Å². The quantitative estimate of drug-likeness (QED) is 0.355. The van der Waals surface area contributed by atoms with Gasteiger partial charge in [-0.15, -0.1) is 0 Å². The molecule has 1 aromatic rings. The highest BCUT2D eigenvalue weighted by Gasteiger charge is 2.29. The van der Waals surface area contributed by atoms with Crippen molar-refractivity contribution >= 4 is 11.6 Å². The van der Waals surface area contributed by atoms with Gasteiger partial charge in [0.15, 0.2) is 0 Å². The number of hydrogen-bond acceptors (Lipinski definition) is 0. The van der Waals surface area contributed by atoms with E-state index in [1.165, 1.54) is 76.2 Å². The maximum atomic E-state index is 6.48. The number of benzene rings is 1. The van der Waals surface area contributed by atoms with Crippen molar-refractivity contribution in [2.24, 2.45) is 23.7 Å². The topological polar surface area (TPSA) is 0 Å². The van der Waals surface area contributed by atoms with Crippen LogP contribution in [0, 0.1) is 35.5 Å². The summed E-state index contributed by atoms with van der Waals surface area (Å²) in [5.74, 6) is 10.5. The first-order valence-electron chi connectivity index (χ1n) is 11.5. The molecule has 0 aliphatic heterocycles. The van der Waals surface area contributed by atoms with Gasteiger partial charge in [-0.05, 0) is 86.8 Å². The molecule has 0 bridgehead atoms. The molecule has 0 aromatic heterocycles. The number of halogens is 1. The van der Waals surface area contributed by atoms with Crippen LogP contribution in [0.1, 0.15) is 95.6 Å². The summed E-state index contributed by atoms with van der Waals surface area (Å²) in [6, 6.07) is 6.42. The largest absolute Gasteiger partial charge is 0.0945 e. The van der Waals surface area contributed by atoms with Gasteiger partial charge in [0, 0.05) is 16.5 Å². The molecule has 27 heavy (non-hydrogen) atoms. The van der Waals surface area contributed by atoms with Gasteiger partial charge >= 0.3 is 0 Å². The molecule has 2 aliphatic carbocycles. The SMILES string of the molecule is CCCCCc1ccc(C#CC2CCC([C@H]3CC[C@H](C)CC3)CC2)cc1Cl. The smallest absolute Gasteiger partial charge is 0.0450 e. The van der Waals surface area contributed by atoms with E-state index in [1.807, 2.05) is 0 Å². The van der Waals surface area contributed by atoms with Crippen molar-refractivity contribution in [3.63, 3.8) is 0 Å². The standard InChI is InChI=1S/C26H37Cl/c1-3-4-5-6-25-18-13-22(19-26(25)27)10-9-21-11-16-24(17-12-21)23-14-7-20(2)8-15-23/h13,18-21,23-24H,3-8,11-12,14-17H2,1-2H3/t20-,21?,23-,24?. The lowest BCUT2D eigenvalue weighted by Crippen LogP contribution is -2.24. The van der Waals surface area contributed by atoms with E-state index in [2.05, 4.69) is 43.9 Å². The van der Waals surface area contributed by atoms with Gasteiger partial charge in [0.2, 0.25) is 0 Å². The van der Waals surface area contributed by atoms with Crippen LogP contribution in [-0.4, -0.2) is 0 Å².